The van der Waals surface area contributed by atoms with E-state index in [1.807, 2.05) is 19.3 Å². The van der Waals surface area contributed by atoms with E-state index in [0.29, 0.717) is 11.7 Å². The summed E-state index contributed by atoms with van der Waals surface area (Å²) in [7, 11) is 1.87. The number of carbonyl (C=O) groups is 1. The van der Waals surface area contributed by atoms with Crippen LogP contribution in [-0.2, 0) is 11.8 Å². The molecule has 0 fully saturated rings. The molecule has 0 aliphatic carbocycles. The second-order valence-corrected chi connectivity index (χ2v) is 6.83. The fourth-order valence-electron chi connectivity index (χ4n) is 2.81. The van der Waals surface area contributed by atoms with Crippen molar-refractivity contribution in [2.45, 2.75) is 19.8 Å². The van der Waals surface area contributed by atoms with Crippen LogP contribution in [0.3, 0.4) is 0 Å². The monoisotopic (exact) mass is 363 g/mol. The molecule has 0 aliphatic heterocycles. The quantitative estimate of drug-likeness (QED) is 0.676. The van der Waals surface area contributed by atoms with Gasteiger partial charge in [-0.3, -0.25) is 9.48 Å². The van der Waals surface area contributed by atoms with Gasteiger partial charge in [0.15, 0.2) is 0 Å². The largest absolute Gasteiger partial charge is 0.310 e. The van der Waals surface area contributed by atoms with Crippen LogP contribution >= 0.6 is 0 Å². The van der Waals surface area contributed by atoms with E-state index in [1.54, 1.807) is 23.1 Å². The smallest absolute Gasteiger partial charge is 0.239 e. The van der Waals surface area contributed by atoms with Crippen molar-refractivity contribution in [3.8, 4) is 11.1 Å². The minimum atomic E-state index is -0.104. The number of hydrogen-bond acceptors (Lipinski definition) is 4. The highest BCUT2D eigenvalue weighted by Gasteiger charge is 2.08. The summed E-state index contributed by atoms with van der Waals surface area (Å²) in [5, 5.41) is 10.2. The summed E-state index contributed by atoms with van der Waals surface area (Å²) in [6.45, 7) is 5.22. The van der Waals surface area contributed by atoms with Crippen molar-refractivity contribution in [3.63, 3.8) is 0 Å². The van der Waals surface area contributed by atoms with E-state index < -0.39 is 0 Å². The second-order valence-electron chi connectivity index (χ2n) is 6.83. The fourth-order valence-corrected chi connectivity index (χ4v) is 2.81. The Morgan fingerprint density at radius 3 is 2.52 bits per heavy atom. The number of aryl methyl sites for hydroxylation is 2. The second kappa shape index (κ2) is 8.60. The Balaban J connectivity index is 1.45. The van der Waals surface area contributed by atoms with Crippen LogP contribution in [-0.4, -0.2) is 33.8 Å². The van der Waals surface area contributed by atoms with E-state index in [1.165, 1.54) is 11.1 Å². The van der Waals surface area contributed by atoms with Crippen LogP contribution in [0.2, 0.25) is 0 Å². The van der Waals surface area contributed by atoms with E-state index in [0.717, 1.165) is 17.7 Å². The van der Waals surface area contributed by atoms with Gasteiger partial charge < -0.3 is 10.6 Å². The lowest BCUT2D eigenvalue weighted by atomic mass is 10.0. The van der Waals surface area contributed by atoms with Gasteiger partial charge in [-0.2, -0.15) is 5.10 Å². The zero-order valence-corrected chi connectivity index (χ0v) is 15.9. The molecule has 1 amide bonds. The first kappa shape index (κ1) is 18.8. The third-order valence-electron chi connectivity index (χ3n) is 4.45. The third-order valence-corrected chi connectivity index (χ3v) is 4.45. The van der Waals surface area contributed by atoms with Gasteiger partial charge in [0, 0.05) is 37.1 Å². The van der Waals surface area contributed by atoms with Crippen molar-refractivity contribution in [3.05, 3.63) is 66.1 Å². The number of amides is 1. The standard InChI is InChI=1S/C21H25N5O/c1-15-4-6-17(7-5-15)16(2)10-22-13-21(27)25-20-9-8-18(11-23-20)19-12-24-26(3)14-19/h4-9,11-12,14,16,22H,10,13H2,1-3H3,(H,23,25,27)/t16-/m1/s1. The van der Waals surface area contributed by atoms with E-state index >= 15 is 0 Å². The van der Waals surface area contributed by atoms with Crippen molar-refractivity contribution in [1.29, 1.82) is 0 Å². The molecule has 27 heavy (non-hydrogen) atoms. The van der Waals surface area contributed by atoms with Gasteiger partial charge >= 0.3 is 0 Å². The van der Waals surface area contributed by atoms with Gasteiger partial charge in [0.25, 0.3) is 0 Å². The number of benzene rings is 1. The number of anilines is 1. The van der Waals surface area contributed by atoms with E-state index in [4.69, 9.17) is 0 Å². The molecule has 140 valence electrons. The van der Waals surface area contributed by atoms with Gasteiger partial charge in [0.2, 0.25) is 5.91 Å². The molecule has 0 saturated heterocycles. The summed E-state index contributed by atoms with van der Waals surface area (Å²) >= 11 is 0. The maximum Gasteiger partial charge on any atom is 0.239 e. The van der Waals surface area contributed by atoms with E-state index in [9.17, 15) is 4.79 Å². The van der Waals surface area contributed by atoms with E-state index in [-0.39, 0.29) is 12.5 Å². The lowest BCUT2D eigenvalue weighted by molar-refractivity contribution is -0.115. The summed E-state index contributed by atoms with van der Waals surface area (Å²) in [5.41, 5.74) is 4.47. The molecule has 0 bridgehead atoms. The molecular weight excluding hydrogens is 338 g/mol. The zero-order valence-electron chi connectivity index (χ0n) is 15.9. The number of carbonyl (C=O) groups excluding carboxylic acids is 1. The van der Waals surface area contributed by atoms with Crippen molar-refractivity contribution in [2.24, 2.45) is 7.05 Å². The first-order valence-electron chi connectivity index (χ1n) is 9.03. The summed E-state index contributed by atoms with van der Waals surface area (Å²) < 4.78 is 1.74. The minimum absolute atomic E-state index is 0.104. The predicted octanol–water partition coefficient (Wildman–Crippen LogP) is 3.12. The number of nitrogens with zero attached hydrogens (tertiary/aromatic N) is 3. The zero-order chi connectivity index (χ0) is 19.2. The molecule has 1 aromatic carbocycles. The molecular formula is C21H25N5O. The maximum atomic E-state index is 12.1. The average Bonchev–Trinajstić information content (AvgIpc) is 3.09. The number of hydrogen-bond donors (Lipinski definition) is 2. The maximum absolute atomic E-state index is 12.1. The van der Waals surface area contributed by atoms with Crippen LogP contribution in [0.25, 0.3) is 11.1 Å². The van der Waals surface area contributed by atoms with Crippen LogP contribution in [0.4, 0.5) is 5.82 Å². The highest BCUT2D eigenvalue weighted by Crippen LogP contribution is 2.18. The van der Waals surface area contributed by atoms with Crippen LogP contribution in [0.1, 0.15) is 24.0 Å². The number of aromatic nitrogens is 3. The lowest BCUT2D eigenvalue weighted by Gasteiger charge is -2.13. The van der Waals surface area contributed by atoms with Gasteiger partial charge in [0.1, 0.15) is 5.82 Å². The van der Waals surface area contributed by atoms with Gasteiger partial charge in [-0.25, -0.2) is 4.98 Å². The van der Waals surface area contributed by atoms with Gasteiger partial charge in [-0.1, -0.05) is 36.8 Å². The first-order valence-corrected chi connectivity index (χ1v) is 9.03. The topological polar surface area (TPSA) is 71.8 Å². The van der Waals surface area contributed by atoms with Crippen molar-refractivity contribution in [2.75, 3.05) is 18.4 Å². The first-order chi connectivity index (χ1) is 13.0. The van der Waals surface area contributed by atoms with Crippen molar-refractivity contribution >= 4 is 11.7 Å². The van der Waals surface area contributed by atoms with Gasteiger partial charge in [0.05, 0.1) is 12.7 Å². The summed E-state index contributed by atoms with van der Waals surface area (Å²) in [6.07, 6.45) is 5.45. The van der Waals surface area contributed by atoms with Crippen molar-refractivity contribution < 1.29 is 4.79 Å². The molecule has 3 rings (SSSR count). The Hall–Kier alpha value is -2.99. The Morgan fingerprint density at radius 1 is 1.11 bits per heavy atom. The van der Waals surface area contributed by atoms with Gasteiger partial charge in [-0.05, 0) is 30.5 Å². The van der Waals surface area contributed by atoms with Crippen molar-refractivity contribution in [1.82, 2.24) is 20.1 Å². The molecule has 0 radical (unpaired) electrons. The number of pyridine rings is 1. The summed E-state index contributed by atoms with van der Waals surface area (Å²) in [5.74, 6) is 0.782. The Kier molecular flexibility index (Phi) is 5.98. The molecule has 0 aliphatic rings. The molecule has 2 heterocycles. The van der Waals surface area contributed by atoms with Crippen LogP contribution in [0.5, 0.6) is 0 Å². The Morgan fingerprint density at radius 2 is 1.89 bits per heavy atom. The molecule has 2 N–H and O–H groups in total. The highest BCUT2D eigenvalue weighted by atomic mass is 16.1. The molecule has 0 saturated carbocycles. The summed E-state index contributed by atoms with van der Waals surface area (Å²) in [4.78, 5) is 16.4. The SMILES string of the molecule is Cc1ccc([C@H](C)CNCC(=O)Nc2ccc(-c3cnn(C)c3)cn2)cc1. The van der Waals surface area contributed by atoms with Crippen LogP contribution in [0, 0.1) is 6.92 Å². The van der Waals surface area contributed by atoms with Crippen LogP contribution in [0.15, 0.2) is 55.0 Å². The number of rotatable bonds is 7. The Bertz CT molecular complexity index is 884. The third kappa shape index (κ3) is 5.24. The van der Waals surface area contributed by atoms with E-state index in [2.05, 4.69) is 58.8 Å². The number of nitrogens with one attached hydrogen (secondary N) is 2. The Labute approximate surface area is 159 Å². The average molecular weight is 363 g/mol. The molecule has 6 nitrogen and oxygen atoms in total. The molecule has 3 aromatic rings. The molecule has 6 heteroatoms. The molecule has 2 aromatic heterocycles. The normalized spacial score (nSPS) is 12.0. The summed E-state index contributed by atoms with van der Waals surface area (Å²) in [6, 6.07) is 12.2. The van der Waals surface area contributed by atoms with Gasteiger partial charge in [-0.15, -0.1) is 0 Å². The highest BCUT2D eigenvalue weighted by molar-refractivity contribution is 5.91. The lowest BCUT2D eigenvalue weighted by Crippen LogP contribution is -2.30. The minimum Gasteiger partial charge on any atom is -0.310 e. The molecule has 0 unspecified atom stereocenters. The fraction of sp³-hybridized carbons (Fsp3) is 0.286. The molecule has 1 atom stereocenters. The molecule has 0 spiro atoms. The predicted molar refractivity (Wildman–Crippen MR) is 108 cm³/mol. The van der Waals surface area contributed by atoms with Crippen LogP contribution < -0.4 is 10.6 Å².